The van der Waals surface area contributed by atoms with Gasteiger partial charge < -0.3 is 9.32 Å². The third-order valence-electron chi connectivity index (χ3n) is 4.82. The Morgan fingerprint density at radius 3 is 2.78 bits per heavy atom. The first-order chi connectivity index (χ1) is 13.1. The number of Topliss-reactive ketones (excluding diaryl/α,β-unsaturated/α-hetero) is 1. The lowest BCUT2D eigenvalue weighted by atomic mass is 10.1. The van der Waals surface area contributed by atoms with Crippen LogP contribution < -0.4 is 10.5 Å². The van der Waals surface area contributed by atoms with Gasteiger partial charge in [-0.15, -0.1) is 0 Å². The molecule has 4 rings (SSSR count). The van der Waals surface area contributed by atoms with Crippen LogP contribution >= 0.6 is 0 Å². The van der Waals surface area contributed by atoms with Crippen molar-refractivity contribution in [3.63, 3.8) is 0 Å². The van der Waals surface area contributed by atoms with Gasteiger partial charge in [-0.25, -0.2) is 9.67 Å². The highest BCUT2D eigenvalue weighted by molar-refractivity contribution is 5.82. The summed E-state index contributed by atoms with van der Waals surface area (Å²) in [4.78, 5) is 31.1. The first-order valence-corrected chi connectivity index (χ1v) is 9.29. The van der Waals surface area contributed by atoms with Crippen LogP contribution in [0.2, 0.25) is 0 Å². The van der Waals surface area contributed by atoms with Crippen molar-refractivity contribution in [1.29, 1.82) is 0 Å². The number of piperidine rings is 1. The second-order valence-electron chi connectivity index (χ2n) is 6.99. The third-order valence-corrected chi connectivity index (χ3v) is 4.82. The zero-order chi connectivity index (χ0) is 18.8. The largest absolute Gasteiger partial charge is 0.441 e. The highest BCUT2D eigenvalue weighted by atomic mass is 16.3. The van der Waals surface area contributed by atoms with Crippen LogP contribution in [0.5, 0.6) is 0 Å². The number of aryl methyl sites for hydroxylation is 1. The summed E-state index contributed by atoms with van der Waals surface area (Å²) >= 11 is 0. The average Bonchev–Trinajstić information content (AvgIpc) is 3.03. The van der Waals surface area contributed by atoms with Crippen LogP contribution in [0.4, 0.5) is 5.82 Å². The number of anilines is 1. The first-order valence-electron chi connectivity index (χ1n) is 9.29. The van der Waals surface area contributed by atoms with E-state index < -0.39 is 0 Å². The number of hydrogen-bond donors (Lipinski definition) is 0. The zero-order valence-corrected chi connectivity index (χ0v) is 15.4. The summed E-state index contributed by atoms with van der Waals surface area (Å²) in [6.07, 6.45) is 3.71. The van der Waals surface area contributed by atoms with Gasteiger partial charge in [0.2, 0.25) is 0 Å². The summed E-state index contributed by atoms with van der Waals surface area (Å²) in [5.74, 6) is 1.29. The van der Waals surface area contributed by atoms with Crippen molar-refractivity contribution in [2.75, 3.05) is 18.0 Å². The molecule has 1 aliphatic heterocycles. The number of nitrogens with zero attached hydrogens (tertiary/aromatic N) is 4. The minimum atomic E-state index is -0.258. The quantitative estimate of drug-likeness (QED) is 0.690. The average molecular weight is 366 g/mol. The lowest BCUT2D eigenvalue weighted by Gasteiger charge is -2.27. The summed E-state index contributed by atoms with van der Waals surface area (Å²) in [6.45, 7) is 3.64. The number of fused-ring (bicyclic) bond motifs is 1. The Morgan fingerprint density at radius 1 is 1.15 bits per heavy atom. The number of hydrogen-bond acceptors (Lipinski definition) is 6. The highest BCUT2D eigenvalue weighted by Crippen LogP contribution is 2.18. The van der Waals surface area contributed by atoms with Crippen LogP contribution in [0, 0.1) is 6.92 Å². The van der Waals surface area contributed by atoms with Crippen molar-refractivity contribution in [3.05, 3.63) is 52.1 Å². The number of oxazole rings is 1. The van der Waals surface area contributed by atoms with Crippen molar-refractivity contribution < 1.29 is 9.21 Å². The van der Waals surface area contributed by atoms with Crippen molar-refractivity contribution in [2.24, 2.45) is 0 Å². The fourth-order valence-corrected chi connectivity index (χ4v) is 3.49. The topological polar surface area (TPSA) is 81.2 Å². The second kappa shape index (κ2) is 7.34. The highest BCUT2D eigenvalue weighted by Gasteiger charge is 2.15. The van der Waals surface area contributed by atoms with Crippen molar-refractivity contribution in [2.45, 2.75) is 39.2 Å². The summed E-state index contributed by atoms with van der Waals surface area (Å²) in [6, 6.07) is 8.76. The molecule has 0 unspecified atom stereocenters. The van der Waals surface area contributed by atoms with E-state index in [2.05, 4.69) is 15.0 Å². The molecular formula is C20H22N4O3. The minimum Gasteiger partial charge on any atom is -0.441 e. The van der Waals surface area contributed by atoms with Gasteiger partial charge in [-0.05, 0) is 43.0 Å². The Labute approximate surface area is 156 Å². The number of aromatic nitrogens is 3. The smallest absolute Gasteiger partial charge is 0.267 e. The molecule has 3 aromatic rings. The Hall–Kier alpha value is -2.96. The van der Waals surface area contributed by atoms with Crippen LogP contribution in [0.25, 0.3) is 11.1 Å². The van der Waals surface area contributed by atoms with E-state index in [-0.39, 0.29) is 24.3 Å². The normalized spacial score (nSPS) is 14.6. The molecule has 0 radical (unpaired) electrons. The van der Waals surface area contributed by atoms with Gasteiger partial charge >= 0.3 is 0 Å². The van der Waals surface area contributed by atoms with Crippen molar-refractivity contribution in [1.82, 2.24) is 14.8 Å². The van der Waals surface area contributed by atoms with E-state index in [1.807, 2.05) is 18.2 Å². The SMILES string of the molecule is Cc1nc2cc(CC(=O)Cn3nc(N4CCCCC4)ccc3=O)ccc2o1. The van der Waals surface area contributed by atoms with Crippen LogP contribution in [0.3, 0.4) is 0 Å². The van der Waals surface area contributed by atoms with Crippen molar-refractivity contribution >= 4 is 22.7 Å². The van der Waals surface area contributed by atoms with E-state index >= 15 is 0 Å². The standard InChI is InChI=1S/C20H22N4O3/c1-14-21-17-12-15(5-6-18(17)27-14)11-16(25)13-24-20(26)8-7-19(22-24)23-9-3-2-4-10-23/h5-8,12H,2-4,9-11,13H2,1H3. The maximum atomic E-state index is 12.5. The van der Waals surface area contributed by atoms with Crippen LogP contribution in [-0.2, 0) is 17.8 Å². The second-order valence-corrected chi connectivity index (χ2v) is 6.99. The van der Waals surface area contributed by atoms with E-state index in [4.69, 9.17) is 4.42 Å². The lowest BCUT2D eigenvalue weighted by Crippen LogP contribution is -2.34. The molecule has 7 nitrogen and oxygen atoms in total. The molecule has 140 valence electrons. The van der Waals surface area contributed by atoms with Crippen LogP contribution in [-0.4, -0.2) is 33.6 Å². The van der Waals surface area contributed by atoms with Crippen LogP contribution in [0.15, 0.2) is 39.5 Å². The van der Waals surface area contributed by atoms with Gasteiger partial charge in [-0.2, -0.15) is 5.10 Å². The van der Waals surface area contributed by atoms with E-state index in [9.17, 15) is 9.59 Å². The Kier molecular flexibility index (Phi) is 4.75. The van der Waals surface area contributed by atoms with E-state index in [1.165, 1.54) is 17.2 Å². The Balaban J connectivity index is 1.48. The molecule has 1 aromatic carbocycles. The molecule has 1 fully saturated rings. The summed E-state index contributed by atoms with van der Waals surface area (Å²) in [5, 5.41) is 4.41. The minimum absolute atomic E-state index is 0.0314. The van der Waals surface area contributed by atoms with Crippen LogP contribution in [0.1, 0.15) is 30.7 Å². The molecule has 0 N–H and O–H groups in total. The maximum absolute atomic E-state index is 12.5. The van der Waals surface area contributed by atoms with Gasteiger partial charge in [0.15, 0.2) is 17.3 Å². The molecule has 1 saturated heterocycles. The molecule has 3 heterocycles. The van der Waals surface area contributed by atoms with Gasteiger partial charge in [-0.1, -0.05) is 6.07 Å². The predicted octanol–water partition coefficient (Wildman–Crippen LogP) is 2.50. The van der Waals surface area contributed by atoms with E-state index in [0.29, 0.717) is 11.5 Å². The molecule has 2 aromatic heterocycles. The maximum Gasteiger partial charge on any atom is 0.267 e. The fourth-order valence-electron chi connectivity index (χ4n) is 3.49. The first kappa shape index (κ1) is 17.5. The van der Waals surface area contributed by atoms with E-state index in [1.54, 1.807) is 13.0 Å². The third kappa shape index (κ3) is 3.92. The van der Waals surface area contributed by atoms with Gasteiger partial charge in [-0.3, -0.25) is 9.59 Å². The summed E-state index contributed by atoms with van der Waals surface area (Å²) in [5.41, 5.74) is 2.03. The number of carbonyl (C=O) groups is 1. The summed E-state index contributed by atoms with van der Waals surface area (Å²) in [7, 11) is 0. The molecule has 0 atom stereocenters. The Bertz CT molecular complexity index is 1030. The Morgan fingerprint density at radius 2 is 1.96 bits per heavy atom. The summed E-state index contributed by atoms with van der Waals surface area (Å²) < 4.78 is 6.72. The number of rotatable bonds is 5. The molecule has 27 heavy (non-hydrogen) atoms. The lowest BCUT2D eigenvalue weighted by molar-refractivity contribution is -0.119. The molecule has 7 heteroatoms. The zero-order valence-electron chi connectivity index (χ0n) is 15.4. The van der Waals surface area contributed by atoms with Gasteiger partial charge in [0.05, 0.1) is 0 Å². The molecule has 1 aliphatic rings. The molecule has 0 saturated carbocycles. The van der Waals surface area contributed by atoms with Crippen molar-refractivity contribution in [3.8, 4) is 0 Å². The van der Waals surface area contributed by atoms with E-state index in [0.717, 1.165) is 42.8 Å². The number of benzene rings is 1. The predicted molar refractivity (Wildman–Crippen MR) is 102 cm³/mol. The fraction of sp³-hybridized carbons (Fsp3) is 0.400. The molecule has 0 bridgehead atoms. The molecule has 0 spiro atoms. The van der Waals surface area contributed by atoms with Gasteiger partial charge in [0.25, 0.3) is 5.56 Å². The molecular weight excluding hydrogens is 344 g/mol. The van der Waals surface area contributed by atoms with Gasteiger partial charge in [0.1, 0.15) is 17.9 Å². The monoisotopic (exact) mass is 366 g/mol. The number of ketones is 1. The molecule has 0 amide bonds. The number of carbonyl (C=O) groups excluding carboxylic acids is 1. The van der Waals surface area contributed by atoms with Gasteiger partial charge in [0, 0.05) is 32.5 Å². The molecule has 0 aliphatic carbocycles.